The molecule has 0 aliphatic rings. The quantitative estimate of drug-likeness (QED) is 0.568. The molecule has 0 fully saturated rings. The Morgan fingerprint density at radius 2 is 1.86 bits per heavy atom. The second-order valence-corrected chi connectivity index (χ2v) is 7.08. The van der Waals surface area contributed by atoms with Gasteiger partial charge in [0, 0.05) is 28.9 Å². The number of aromatic nitrogens is 1. The third-order valence-electron chi connectivity index (χ3n) is 4.42. The van der Waals surface area contributed by atoms with Crippen LogP contribution in [0, 0.1) is 25.2 Å². The molecule has 0 amide bonds. The van der Waals surface area contributed by atoms with E-state index in [9.17, 15) is 5.26 Å². The van der Waals surface area contributed by atoms with E-state index in [2.05, 4.69) is 48.4 Å². The summed E-state index contributed by atoms with van der Waals surface area (Å²) in [6.07, 6.45) is 1.66. The number of ether oxygens (including phenoxy) is 2. The van der Waals surface area contributed by atoms with Crippen molar-refractivity contribution < 1.29 is 9.47 Å². The van der Waals surface area contributed by atoms with Gasteiger partial charge in [0.2, 0.25) is 0 Å². The molecular weight excluding hydrogens is 370 g/mol. The Bertz CT molecular complexity index is 1060. The molecule has 0 aliphatic carbocycles. The molecule has 2 aromatic carbocycles. The van der Waals surface area contributed by atoms with Crippen molar-refractivity contribution in [1.82, 2.24) is 4.98 Å². The van der Waals surface area contributed by atoms with Crippen LogP contribution in [0.15, 0.2) is 48.0 Å². The van der Waals surface area contributed by atoms with Gasteiger partial charge in [0.15, 0.2) is 11.5 Å². The molecule has 1 aromatic heterocycles. The fourth-order valence-electron chi connectivity index (χ4n) is 2.65. The van der Waals surface area contributed by atoms with E-state index in [-0.39, 0.29) is 0 Å². The molecule has 3 aromatic rings. The smallest absolute Gasteiger partial charge is 0.162 e. The summed E-state index contributed by atoms with van der Waals surface area (Å²) < 4.78 is 10.5. The third kappa shape index (κ3) is 4.16. The predicted octanol–water partition coefficient (Wildman–Crippen LogP) is 5.42. The molecule has 5 nitrogen and oxygen atoms in total. The number of methoxy groups -OCH3 is 2. The maximum absolute atomic E-state index is 9.56. The largest absolute Gasteiger partial charge is 0.493 e. The van der Waals surface area contributed by atoms with Gasteiger partial charge in [-0.25, -0.2) is 4.98 Å². The molecule has 0 unspecified atom stereocenters. The van der Waals surface area contributed by atoms with Crippen LogP contribution in [0.25, 0.3) is 16.8 Å². The molecule has 6 heteroatoms. The minimum Gasteiger partial charge on any atom is -0.493 e. The zero-order chi connectivity index (χ0) is 20.1. The summed E-state index contributed by atoms with van der Waals surface area (Å²) in [6.45, 7) is 4.17. The summed E-state index contributed by atoms with van der Waals surface area (Å²) in [5, 5.41) is 15.3. The van der Waals surface area contributed by atoms with Gasteiger partial charge < -0.3 is 14.8 Å². The van der Waals surface area contributed by atoms with E-state index in [0.29, 0.717) is 22.1 Å². The summed E-state index contributed by atoms with van der Waals surface area (Å²) >= 11 is 1.45. The highest BCUT2D eigenvalue weighted by Gasteiger charge is 2.10. The molecule has 0 bridgehead atoms. The lowest BCUT2D eigenvalue weighted by Gasteiger charge is -2.09. The van der Waals surface area contributed by atoms with Crippen LogP contribution in [0.5, 0.6) is 11.5 Å². The van der Waals surface area contributed by atoms with Gasteiger partial charge in [0.05, 0.1) is 19.9 Å². The van der Waals surface area contributed by atoms with Gasteiger partial charge in [-0.2, -0.15) is 5.26 Å². The number of nitrogens with zero attached hydrogens (tertiary/aromatic N) is 2. The van der Waals surface area contributed by atoms with Crippen LogP contribution in [0.1, 0.15) is 16.1 Å². The van der Waals surface area contributed by atoms with Crippen LogP contribution in [0.3, 0.4) is 0 Å². The molecule has 1 heterocycles. The number of rotatable bonds is 6. The average molecular weight is 391 g/mol. The Kier molecular flexibility index (Phi) is 5.97. The number of hydrogen-bond acceptors (Lipinski definition) is 6. The molecule has 142 valence electrons. The fourth-order valence-corrected chi connectivity index (χ4v) is 3.45. The van der Waals surface area contributed by atoms with E-state index in [1.807, 2.05) is 23.6 Å². The van der Waals surface area contributed by atoms with Gasteiger partial charge in [-0.1, -0.05) is 12.1 Å². The Morgan fingerprint density at radius 3 is 2.54 bits per heavy atom. The number of thiazole rings is 1. The Morgan fingerprint density at radius 1 is 1.07 bits per heavy atom. The number of benzene rings is 2. The van der Waals surface area contributed by atoms with Crippen molar-refractivity contribution in [2.45, 2.75) is 13.8 Å². The maximum Gasteiger partial charge on any atom is 0.162 e. The zero-order valence-electron chi connectivity index (χ0n) is 16.2. The number of anilines is 1. The van der Waals surface area contributed by atoms with Crippen LogP contribution in [0.2, 0.25) is 0 Å². The Hall–Kier alpha value is -3.30. The summed E-state index contributed by atoms with van der Waals surface area (Å²) in [6, 6.07) is 13.9. The van der Waals surface area contributed by atoms with Crippen molar-refractivity contribution in [3.8, 4) is 28.8 Å². The maximum atomic E-state index is 9.56. The standard InChI is InChI=1S/C22H21N3O2S/c1-14-5-6-16(9-15(14)2)19-13-28-22(25-19)17(11-23)12-24-18-7-8-20(26-3)21(10-18)27-4/h5-10,12-13,24H,1-4H3. The molecule has 0 aliphatic heterocycles. The van der Waals surface area contributed by atoms with Crippen molar-refractivity contribution >= 4 is 22.6 Å². The first-order valence-corrected chi connectivity index (χ1v) is 9.56. The average Bonchev–Trinajstić information content (AvgIpc) is 3.20. The SMILES string of the molecule is COc1ccc(NC=C(C#N)c2nc(-c3ccc(C)c(C)c3)cs2)cc1OC. The summed E-state index contributed by atoms with van der Waals surface area (Å²) in [5.74, 6) is 1.26. The van der Waals surface area contributed by atoms with E-state index in [4.69, 9.17) is 9.47 Å². The van der Waals surface area contributed by atoms with Crippen molar-refractivity contribution in [2.75, 3.05) is 19.5 Å². The first kappa shape index (κ1) is 19.5. The first-order valence-electron chi connectivity index (χ1n) is 8.68. The lowest BCUT2D eigenvalue weighted by atomic mass is 10.1. The second kappa shape index (κ2) is 8.59. The lowest BCUT2D eigenvalue weighted by Crippen LogP contribution is -1.94. The van der Waals surface area contributed by atoms with Crippen LogP contribution in [-0.2, 0) is 0 Å². The van der Waals surface area contributed by atoms with E-state index in [1.54, 1.807) is 20.4 Å². The fraction of sp³-hybridized carbons (Fsp3) is 0.182. The molecule has 0 spiro atoms. The molecule has 0 saturated heterocycles. The van der Waals surface area contributed by atoms with Gasteiger partial charge >= 0.3 is 0 Å². The van der Waals surface area contributed by atoms with Crippen LogP contribution >= 0.6 is 11.3 Å². The Labute approximate surface area is 168 Å². The lowest BCUT2D eigenvalue weighted by molar-refractivity contribution is 0.355. The normalized spacial score (nSPS) is 11.0. The number of allylic oxidation sites excluding steroid dienone is 1. The second-order valence-electron chi connectivity index (χ2n) is 6.22. The van der Waals surface area contributed by atoms with Crippen LogP contribution in [-0.4, -0.2) is 19.2 Å². The van der Waals surface area contributed by atoms with Crippen molar-refractivity contribution in [1.29, 1.82) is 5.26 Å². The highest BCUT2D eigenvalue weighted by molar-refractivity contribution is 7.11. The van der Waals surface area contributed by atoms with Crippen molar-refractivity contribution in [2.24, 2.45) is 0 Å². The summed E-state index contributed by atoms with van der Waals surface area (Å²) in [4.78, 5) is 4.64. The number of nitrogens with one attached hydrogen (secondary N) is 1. The molecule has 1 N–H and O–H groups in total. The van der Waals surface area contributed by atoms with E-state index < -0.39 is 0 Å². The third-order valence-corrected chi connectivity index (χ3v) is 5.30. The van der Waals surface area contributed by atoms with Gasteiger partial charge in [-0.15, -0.1) is 11.3 Å². The van der Waals surface area contributed by atoms with Gasteiger partial charge in [-0.3, -0.25) is 0 Å². The van der Waals surface area contributed by atoms with Gasteiger partial charge in [0.25, 0.3) is 0 Å². The minimum absolute atomic E-state index is 0.467. The number of hydrogen-bond donors (Lipinski definition) is 1. The van der Waals surface area contributed by atoms with E-state index >= 15 is 0 Å². The highest BCUT2D eigenvalue weighted by Crippen LogP contribution is 2.31. The monoisotopic (exact) mass is 391 g/mol. The van der Waals surface area contributed by atoms with Crippen molar-refractivity contribution in [3.63, 3.8) is 0 Å². The number of aryl methyl sites for hydroxylation is 2. The molecule has 0 saturated carbocycles. The summed E-state index contributed by atoms with van der Waals surface area (Å²) in [5.41, 5.74) is 5.64. The molecule has 3 rings (SSSR count). The first-order chi connectivity index (χ1) is 13.5. The summed E-state index contributed by atoms with van der Waals surface area (Å²) in [7, 11) is 3.18. The topological polar surface area (TPSA) is 67.2 Å². The molecule has 0 radical (unpaired) electrons. The van der Waals surface area contributed by atoms with E-state index in [1.165, 1.54) is 22.5 Å². The van der Waals surface area contributed by atoms with E-state index in [0.717, 1.165) is 16.9 Å². The van der Waals surface area contributed by atoms with Crippen LogP contribution < -0.4 is 14.8 Å². The van der Waals surface area contributed by atoms with Crippen LogP contribution in [0.4, 0.5) is 5.69 Å². The Balaban J connectivity index is 1.83. The number of nitriles is 1. The molecule has 0 atom stereocenters. The molecule has 28 heavy (non-hydrogen) atoms. The minimum atomic E-state index is 0.467. The highest BCUT2D eigenvalue weighted by atomic mass is 32.1. The predicted molar refractivity (Wildman–Crippen MR) is 114 cm³/mol. The van der Waals surface area contributed by atoms with Gasteiger partial charge in [0.1, 0.15) is 16.6 Å². The van der Waals surface area contributed by atoms with Crippen molar-refractivity contribution in [3.05, 3.63) is 64.1 Å². The van der Waals surface area contributed by atoms with Gasteiger partial charge in [-0.05, 0) is 43.2 Å². The zero-order valence-corrected chi connectivity index (χ0v) is 17.1. The molecular formula is C22H21N3O2S.